The molecule has 4 nitrogen and oxygen atoms in total. The number of carboxylic acids is 1. The predicted molar refractivity (Wildman–Crippen MR) is 43.4 cm³/mol. The van der Waals surface area contributed by atoms with Gasteiger partial charge in [0.05, 0.1) is 18.2 Å². The molecule has 1 rings (SSSR count). The van der Waals surface area contributed by atoms with E-state index in [0.717, 1.165) is 0 Å². The fourth-order valence-corrected chi connectivity index (χ4v) is 0.923. The molecule has 70 valence electrons. The highest BCUT2D eigenvalue weighted by atomic mass is 19.1. The number of nitrogens with zero attached hydrogens (tertiary/aromatic N) is 1. The van der Waals surface area contributed by atoms with E-state index in [4.69, 9.17) is 10.8 Å². The van der Waals surface area contributed by atoms with Crippen molar-refractivity contribution in [1.29, 1.82) is 0 Å². The normalized spacial score (nSPS) is 12.5. The quantitative estimate of drug-likeness (QED) is 0.678. The molecule has 13 heavy (non-hydrogen) atoms. The average Bonchev–Trinajstić information content (AvgIpc) is 2.03. The Hall–Kier alpha value is -1.49. The van der Waals surface area contributed by atoms with E-state index in [1.165, 1.54) is 18.2 Å². The van der Waals surface area contributed by atoms with Crippen LogP contribution in [0.15, 0.2) is 18.2 Å². The Morgan fingerprint density at radius 3 is 2.92 bits per heavy atom. The number of aromatic nitrogens is 1. The molecule has 0 aliphatic heterocycles. The zero-order valence-electron chi connectivity index (χ0n) is 6.77. The summed E-state index contributed by atoms with van der Waals surface area (Å²) in [6.45, 7) is 0. The van der Waals surface area contributed by atoms with Crippen LogP contribution in [0.2, 0.25) is 0 Å². The second kappa shape index (κ2) is 3.95. The fourth-order valence-electron chi connectivity index (χ4n) is 0.923. The molecule has 1 aromatic heterocycles. The maximum absolute atomic E-state index is 12.6. The van der Waals surface area contributed by atoms with Gasteiger partial charge in [-0.1, -0.05) is 6.07 Å². The van der Waals surface area contributed by atoms with Gasteiger partial charge < -0.3 is 10.8 Å². The number of nitrogens with two attached hydrogens (primary N) is 1. The van der Waals surface area contributed by atoms with Crippen LogP contribution in [0.4, 0.5) is 4.39 Å². The summed E-state index contributed by atoms with van der Waals surface area (Å²) in [5, 5.41) is 8.41. The molecule has 0 bridgehead atoms. The van der Waals surface area contributed by atoms with Crippen molar-refractivity contribution in [2.24, 2.45) is 5.73 Å². The van der Waals surface area contributed by atoms with Crippen molar-refractivity contribution in [3.8, 4) is 0 Å². The van der Waals surface area contributed by atoms with E-state index in [1.54, 1.807) is 0 Å². The highest BCUT2D eigenvalue weighted by molar-refractivity contribution is 5.67. The molecule has 0 aromatic carbocycles. The van der Waals surface area contributed by atoms with Crippen molar-refractivity contribution >= 4 is 5.97 Å². The van der Waals surface area contributed by atoms with Crippen molar-refractivity contribution in [2.45, 2.75) is 12.5 Å². The van der Waals surface area contributed by atoms with E-state index in [9.17, 15) is 9.18 Å². The minimum atomic E-state index is -1.03. The van der Waals surface area contributed by atoms with Crippen LogP contribution in [-0.4, -0.2) is 16.1 Å². The van der Waals surface area contributed by atoms with E-state index in [1.807, 2.05) is 0 Å². The molecule has 0 spiro atoms. The lowest BCUT2D eigenvalue weighted by Gasteiger charge is -2.07. The topological polar surface area (TPSA) is 76.2 Å². The molecule has 0 saturated carbocycles. The Balaban J connectivity index is 2.76. The Kier molecular flexibility index (Phi) is 2.92. The number of hydrogen-bond acceptors (Lipinski definition) is 3. The van der Waals surface area contributed by atoms with Crippen molar-refractivity contribution in [2.75, 3.05) is 0 Å². The summed E-state index contributed by atoms with van der Waals surface area (Å²) in [7, 11) is 0. The largest absolute Gasteiger partial charge is 0.481 e. The van der Waals surface area contributed by atoms with E-state index >= 15 is 0 Å². The predicted octanol–water partition coefficient (Wildman–Crippen LogP) is 0.695. The molecular weight excluding hydrogens is 175 g/mol. The Morgan fingerprint density at radius 2 is 2.38 bits per heavy atom. The van der Waals surface area contributed by atoms with Crippen LogP contribution in [0, 0.1) is 5.95 Å². The third kappa shape index (κ3) is 2.79. The summed E-state index contributed by atoms with van der Waals surface area (Å²) in [5.41, 5.74) is 5.71. The van der Waals surface area contributed by atoms with Crippen molar-refractivity contribution in [1.82, 2.24) is 4.98 Å². The monoisotopic (exact) mass is 184 g/mol. The molecule has 0 saturated heterocycles. The molecular formula is C8H9FN2O2. The van der Waals surface area contributed by atoms with Gasteiger partial charge in [0.15, 0.2) is 0 Å². The number of carbonyl (C=O) groups is 1. The number of rotatable bonds is 3. The van der Waals surface area contributed by atoms with Gasteiger partial charge in [-0.15, -0.1) is 0 Å². The van der Waals surface area contributed by atoms with E-state index in [-0.39, 0.29) is 12.1 Å². The molecule has 1 aromatic rings. The fraction of sp³-hybridized carbons (Fsp3) is 0.250. The van der Waals surface area contributed by atoms with E-state index < -0.39 is 18.0 Å². The van der Waals surface area contributed by atoms with Crippen molar-refractivity contribution in [3.63, 3.8) is 0 Å². The molecule has 0 aliphatic carbocycles. The molecule has 0 amide bonds. The van der Waals surface area contributed by atoms with Gasteiger partial charge in [0.25, 0.3) is 0 Å². The molecule has 5 heteroatoms. The van der Waals surface area contributed by atoms with Crippen LogP contribution >= 0.6 is 0 Å². The summed E-state index contributed by atoms with van der Waals surface area (Å²) < 4.78 is 12.6. The molecule has 1 unspecified atom stereocenters. The van der Waals surface area contributed by atoms with Crippen LogP contribution in [0.5, 0.6) is 0 Å². The second-order valence-corrected chi connectivity index (χ2v) is 2.59. The molecule has 3 N–H and O–H groups in total. The summed E-state index contributed by atoms with van der Waals surface area (Å²) in [6, 6.07) is 3.36. The Bertz CT molecular complexity index is 317. The van der Waals surface area contributed by atoms with Crippen LogP contribution in [0.1, 0.15) is 18.2 Å². The summed E-state index contributed by atoms with van der Waals surface area (Å²) in [4.78, 5) is 13.7. The summed E-state index contributed by atoms with van der Waals surface area (Å²) >= 11 is 0. The first-order chi connectivity index (χ1) is 6.09. The molecule has 1 atom stereocenters. The number of pyridine rings is 1. The maximum Gasteiger partial charge on any atom is 0.305 e. The maximum atomic E-state index is 12.6. The smallest absolute Gasteiger partial charge is 0.305 e. The number of carboxylic acid groups (broad SMARTS) is 1. The third-order valence-corrected chi connectivity index (χ3v) is 1.51. The first-order valence-electron chi connectivity index (χ1n) is 3.69. The SMILES string of the molecule is NC(CC(=O)O)c1cccc(F)n1. The third-order valence-electron chi connectivity index (χ3n) is 1.51. The number of aliphatic carboxylic acids is 1. The zero-order valence-corrected chi connectivity index (χ0v) is 6.77. The lowest BCUT2D eigenvalue weighted by molar-refractivity contribution is -0.137. The molecule has 0 radical (unpaired) electrons. The van der Waals surface area contributed by atoms with Crippen LogP contribution in [0.3, 0.4) is 0 Å². The van der Waals surface area contributed by atoms with E-state index in [2.05, 4.69) is 4.98 Å². The summed E-state index contributed by atoms with van der Waals surface area (Å²) in [6.07, 6.45) is -0.254. The minimum absolute atomic E-state index is 0.252. The van der Waals surface area contributed by atoms with Gasteiger partial charge in [-0.2, -0.15) is 4.39 Å². The Labute approximate surface area is 74.2 Å². The number of halogens is 1. The molecule has 0 fully saturated rings. The van der Waals surface area contributed by atoms with Gasteiger partial charge in [0, 0.05) is 0 Å². The van der Waals surface area contributed by atoms with Crippen LogP contribution in [0.25, 0.3) is 0 Å². The van der Waals surface area contributed by atoms with Crippen LogP contribution < -0.4 is 5.73 Å². The van der Waals surface area contributed by atoms with Crippen LogP contribution in [-0.2, 0) is 4.79 Å². The Morgan fingerprint density at radius 1 is 1.69 bits per heavy atom. The first kappa shape index (κ1) is 9.60. The molecule has 1 heterocycles. The van der Waals surface area contributed by atoms with Gasteiger partial charge in [-0.25, -0.2) is 4.98 Å². The van der Waals surface area contributed by atoms with Gasteiger partial charge in [-0.3, -0.25) is 4.79 Å². The zero-order chi connectivity index (χ0) is 9.84. The van der Waals surface area contributed by atoms with Crippen molar-refractivity contribution < 1.29 is 14.3 Å². The average molecular weight is 184 g/mol. The standard InChI is InChI=1S/C8H9FN2O2/c9-7-3-1-2-6(11-7)5(10)4-8(12)13/h1-3,5H,4,10H2,(H,12,13). The minimum Gasteiger partial charge on any atom is -0.481 e. The number of hydrogen-bond donors (Lipinski definition) is 2. The van der Waals surface area contributed by atoms with Gasteiger partial charge in [-0.05, 0) is 12.1 Å². The van der Waals surface area contributed by atoms with E-state index in [0.29, 0.717) is 0 Å². The lowest BCUT2D eigenvalue weighted by Crippen LogP contribution is -2.16. The summed E-state index contributed by atoms with van der Waals surface area (Å²) in [5.74, 6) is -1.68. The second-order valence-electron chi connectivity index (χ2n) is 2.59. The van der Waals surface area contributed by atoms with Gasteiger partial charge in [0.1, 0.15) is 0 Å². The lowest BCUT2D eigenvalue weighted by atomic mass is 10.1. The highest BCUT2D eigenvalue weighted by Gasteiger charge is 2.11. The first-order valence-corrected chi connectivity index (χ1v) is 3.69. The van der Waals surface area contributed by atoms with Crippen molar-refractivity contribution in [3.05, 3.63) is 29.8 Å². The van der Waals surface area contributed by atoms with Gasteiger partial charge in [0.2, 0.25) is 5.95 Å². The highest BCUT2D eigenvalue weighted by Crippen LogP contribution is 2.10. The molecule has 0 aliphatic rings. The van der Waals surface area contributed by atoms with Gasteiger partial charge >= 0.3 is 5.97 Å².